The number of fused-ring (bicyclic) bond motifs is 1. The molecular formula is C25H35N4O5+. The minimum atomic E-state index is -0.613. The number of carbonyl (C=O) groups is 4. The minimum absolute atomic E-state index is 0.114. The number of imide groups is 1. The highest BCUT2D eigenvalue weighted by Crippen LogP contribution is 2.21. The van der Waals surface area contributed by atoms with Crippen molar-refractivity contribution in [3.63, 3.8) is 0 Å². The topological polar surface area (TPSA) is 108 Å². The largest absolute Gasteiger partial charge is 0.501 e. The number of nitrogens with one attached hydrogen (secondary N) is 2. The van der Waals surface area contributed by atoms with Crippen LogP contribution in [0.2, 0.25) is 0 Å². The number of ether oxygens (including phenoxy) is 1. The number of carbonyl (C=O) groups excluding carboxylic acids is 4. The Kier molecular flexibility index (Phi) is 9.75. The van der Waals surface area contributed by atoms with Gasteiger partial charge in [-0.3, -0.25) is 9.59 Å². The number of nitrogens with zero attached hydrogens (tertiary/aromatic N) is 2. The predicted octanol–water partition coefficient (Wildman–Crippen LogP) is 1.69. The summed E-state index contributed by atoms with van der Waals surface area (Å²) in [5.41, 5.74) is 1.88. The average Bonchev–Trinajstić information content (AvgIpc) is 2.85. The first kappa shape index (κ1) is 25.6. The van der Waals surface area contributed by atoms with Crippen molar-refractivity contribution >= 4 is 29.5 Å². The van der Waals surface area contributed by atoms with E-state index in [-0.39, 0.29) is 37.2 Å². The summed E-state index contributed by atoms with van der Waals surface area (Å²) < 4.78 is 6.28. The lowest BCUT2D eigenvalue weighted by Crippen LogP contribution is -2.56. The van der Waals surface area contributed by atoms with Crippen molar-refractivity contribution in [1.82, 2.24) is 15.5 Å². The minimum Gasteiger partial charge on any atom is -0.383 e. The van der Waals surface area contributed by atoms with E-state index in [4.69, 9.17) is 4.74 Å². The molecule has 0 radical (unpaired) electrons. The van der Waals surface area contributed by atoms with Crippen LogP contribution in [0.5, 0.6) is 0 Å². The van der Waals surface area contributed by atoms with Gasteiger partial charge in [0.25, 0.3) is 5.91 Å². The zero-order valence-electron chi connectivity index (χ0n) is 19.9. The van der Waals surface area contributed by atoms with E-state index < -0.39 is 11.9 Å². The SMILES string of the molecule is COCCNC(=O)CCCN1C(=O)C2C=CC=CC2=[N+](CC(=O)NCCC2=CCCCC2)C1=O. The third kappa shape index (κ3) is 6.96. The Balaban J connectivity index is 1.59. The van der Waals surface area contributed by atoms with Gasteiger partial charge in [-0.1, -0.05) is 29.9 Å². The number of rotatable bonds is 12. The van der Waals surface area contributed by atoms with Gasteiger partial charge in [-0.2, -0.15) is 14.3 Å². The smallest absolute Gasteiger partial charge is 0.383 e. The number of methoxy groups -OCH3 is 1. The highest BCUT2D eigenvalue weighted by atomic mass is 16.5. The van der Waals surface area contributed by atoms with Crippen LogP contribution in [0.4, 0.5) is 4.79 Å². The molecule has 0 aromatic rings. The lowest BCUT2D eigenvalue weighted by Gasteiger charge is -2.26. The van der Waals surface area contributed by atoms with E-state index >= 15 is 0 Å². The third-order valence-corrected chi connectivity index (χ3v) is 6.17. The molecule has 0 spiro atoms. The number of allylic oxidation sites excluding steroid dienone is 4. The van der Waals surface area contributed by atoms with Crippen LogP contribution in [-0.2, 0) is 19.1 Å². The van der Waals surface area contributed by atoms with Crippen molar-refractivity contribution in [1.29, 1.82) is 0 Å². The van der Waals surface area contributed by atoms with Gasteiger partial charge in [0.15, 0.2) is 6.54 Å². The van der Waals surface area contributed by atoms with Gasteiger partial charge in [0.2, 0.25) is 5.91 Å². The zero-order chi connectivity index (χ0) is 24.3. The van der Waals surface area contributed by atoms with E-state index in [1.807, 2.05) is 0 Å². The lowest BCUT2D eigenvalue weighted by atomic mass is 9.94. The highest BCUT2D eigenvalue weighted by molar-refractivity contribution is 6.16. The van der Waals surface area contributed by atoms with Crippen LogP contribution in [0, 0.1) is 5.92 Å². The Hall–Kier alpha value is -3.07. The second-order valence-electron chi connectivity index (χ2n) is 8.66. The molecule has 0 aromatic carbocycles. The van der Waals surface area contributed by atoms with Gasteiger partial charge in [0, 0.05) is 26.6 Å². The quantitative estimate of drug-likeness (QED) is 0.256. The highest BCUT2D eigenvalue weighted by Gasteiger charge is 2.46. The van der Waals surface area contributed by atoms with E-state index in [1.165, 1.54) is 23.0 Å². The Bertz CT molecular complexity index is 918. The summed E-state index contributed by atoms with van der Waals surface area (Å²) in [6, 6.07) is -0.527. The molecule has 1 heterocycles. The van der Waals surface area contributed by atoms with Crippen molar-refractivity contribution in [2.75, 3.05) is 39.9 Å². The van der Waals surface area contributed by atoms with Crippen LogP contribution in [0.1, 0.15) is 44.9 Å². The van der Waals surface area contributed by atoms with E-state index in [1.54, 1.807) is 31.4 Å². The number of hydrogen-bond donors (Lipinski definition) is 2. The molecule has 2 aliphatic carbocycles. The fourth-order valence-corrected chi connectivity index (χ4v) is 4.35. The predicted molar refractivity (Wildman–Crippen MR) is 127 cm³/mol. The molecule has 9 heteroatoms. The van der Waals surface area contributed by atoms with Crippen molar-refractivity contribution in [2.45, 2.75) is 44.9 Å². The third-order valence-electron chi connectivity index (χ3n) is 6.17. The lowest BCUT2D eigenvalue weighted by molar-refractivity contribution is -0.428. The Morgan fingerprint density at radius 1 is 1.15 bits per heavy atom. The number of hydrogen-bond acceptors (Lipinski definition) is 5. The van der Waals surface area contributed by atoms with Crippen LogP contribution in [0.15, 0.2) is 36.0 Å². The van der Waals surface area contributed by atoms with Crippen LogP contribution >= 0.6 is 0 Å². The number of urea groups is 1. The summed E-state index contributed by atoms with van der Waals surface area (Å²) in [6.45, 7) is 1.33. The van der Waals surface area contributed by atoms with Crippen LogP contribution < -0.4 is 10.6 Å². The molecule has 0 saturated heterocycles. The molecule has 2 N–H and O–H groups in total. The molecule has 3 rings (SSSR count). The van der Waals surface area contributed by atoms with Crippen LogP contribution in [0.3, 0.4) is 0 Å². The van der Waals surface area contributed by atoms with Crippen molar-refractivity contribution in [3.8, 4) is 0 Å². The molecule has 3 aliphatic rings. The Morgan fingerprint density at radius 3 is 2.74 bits per heavy atom. The second kappa shape index (κ2) is 13.0. The molecule has 0 saturated carbocycles. The maximum Gasteiger partial charge on any atom is 0.501 e. The van der Waals surface area contributed by atoms with Gasteiger partial charge in [-0.25, -0.2) is 4.79 Å². The van der Waals surface area contributed by atoms with Gasteiger partial charge < -0.3 is 15.4 Å². The monoisotopic (exact) mass is 471 g/mol. The molecule has 34 heavy (non-hydrogen) atoms. The van der Waals surface area contributed by atoms with Crippen molar-refractivity contribution in [3.05, 3.63) is 36.0 Å². The van der Waals surface area contributed by atoms with Gasteiger partial charge in [0.1, 0.15) is 11.6 Å². The summed E-state index contributed by atoms with van der Waals surface area (Å²) in [5.74, 6) is -1.36. The average molecular weight is 472 g/mol. The summed E-state index contributed by atoms with van der Waals surface area (Å²) in [6.07, 6.45) is 15.2. The first-order chi connectivity index (χ1) is 16.5. The first-order valence-corrected chi connectivity index (χ1v) is 12.1. The number of amides is 5. The van der Waals surface area contributed by atoms with E-state index in [9.17, 15) is 19.2 Å². The van der Waals surface area contributed by atoms with E-state index in [0.717, 1.165) is 24.2 Å². The summed E-state index contributed by atoms with van der Waals surface area (Å²) >= 11 is 0. The summed E-state index contributed by atoms with van der Waals surface area (Å²) in [7, 11) is 1.56. The maximum atomic E-state index is 13.2. The fourth-order valence-electron chi connectivity index (χ4n) is 4.35. The standard InChI is InChI=1S/C25H34N4O5/c1-34-17-15-27-22(30)12-7-16-28-24(32)20-10-5-6-11-21(20)29(25(28)33)18-23(31)26-14-13-19-8-3-2-4-9-19/h5-6,8,10-11,20H,2-4,7,9,12-18H2,1H3,(H-,26,27,30,31)/p+1. The van der Waals surface area contributed by atoms with Gasteiger partial charge in [-0.05, 0) is 44.6 Å². The van der Waals surface area contributed by atoms with Gasteiger partial charge in [-0.15, -0.1) is 0 Å². The Labute approximate surface area is 200 Å². The zero-order valence-corrected chi connectivity index (χ0v) is 19.9. The molecule has 184 valence electrons. The molecule has 0 bridgehead atoms. The van der Waals surface area contributed by atoms with Crippen LogP contribution in [-0.4, -0.2) is 78.8 Å². The van der Waals surface area contributed by atoms with E-state index in [0.29, 0.717) is 31.8 Å². The molecule has 1 atom stereocenters. The fraction of sp³-hybridized carbons (Fsp3) is 0.560. The molecule has 0 fully saturated rings. The normalized spacial score (nSPS) is 19.7. The first-order valence-electron chi connectivity index (χ1n) is 12.1. The van der Waals surface area contributed by atoms with E-state index in [2.05, 4.69) is 16.7 Å². The van der Waals surface area contributed by atoms with Gasteiger partial charge >= 0.3 is 11.9 Å². The molecule has 5 amide bonds. The summed E-state index contributed by atoms with van der Waals surface area (Å²) in [4.78, 5) is 51.9. The second-order valence-corrected chi connectivity index (χ2v) is 8.66. The summed E-state index contributed by atoms with van der Waals surface area (Å²) in [5, 5.41) is 5.63. The van der Waals surface area contributed by atoms with Crippen LogP contribution in [0.25, 0.3) is 0 Å². The molecular weight excluding hydrogens is 436 g/mol. The molecule has 0 aromatic heterocycles. The molecule has 1 aliphatic heterocycles. The van der Waals surface area contributed by atoms with Gasteiger partial charge in [0.05, 0.1) is 13.2 Å². The molecule has 1 unspecified atom stereocenters. The maximum absolute atomic E-state index is 13.2. The molecule has 9 nitrogen and oxygen atoms in total. The van der Waals surface area contributed by atoms with Crippen molar-refractivity contribution in [2.24, 2.45) is 5.92 Å². The van der Waals surface area contributed by atoms with Crippen molar-refractivity contribution < 1.29 is 28.5 Å². The Morgan fingerprint density at radius 2 is 1.97 bits per heavy atom.